The number of anilines is 2. The molecule has 2 heterocycles. The highest BCUT2D eigenvalue weighted by Crippen LogP contribution is 2.16. The largest absolute Gasteiger partial charge is 0.384 e. The second kappa shape index (κ2) is 5.31. The molecule has 1 aromatic heterocycles. The van der Waals surface area contributed by atoms with Gasteiger partial charge in [-0.2, -0.15) is 0 Å². The first-order chi connectivity index (χ1) is 8.17. The number of nitrogens with two attached hydrogens (primary N) is 1. The van der Waals surface area contributed by atoms with E-state index >= 15 is 0 Å². The maximum atomic E-state index is 5.74. The lowest BCUT2D eigenvalue weighted by molar-refractivity contribution is 0.399. The van der Waals surface area contributed by atoms with Crippen molar-refractivity contribution in [3.63, 3.8) is 0 Å². The summed E-state index contributed by atoms with van der Waals surface area (Å²) in [5, 5.41) is 3.36. The molecule has 0 aliphatic carbocycles. The number of nitrogens with zero attached hydrogens (tertiary/aromatic N) is 3. The Kier molecular flexibility index (Phi) is 3.78. The first kappa shape index (κ1) is 12.1. The summed E-state index contributed by atoms with van der Waals surface area (Å²) >= 11 is 0. The smallest absolute Gasteiger partial charge is 0.132 e. The average Bonchev–Trinajstić information content (AvgIpc) is 2.72. The highest BCUT2D eigenvalue weighted by Gasteiger charge is 2.19. The summed E-state index contributed by atoms with van der Waals surface area (Å²) in [6, 6.07) is 1.80. The molecule has 1 aliphatic heterocycles. The van der Waals surface area contributed by atoms with Crippen LogP contribution >= 0.6 is 0 Å². The Morgan fingerprint density at radius 1 is 1.53 bits per heavy atom. The quantitative estimate of drug-likeness (QED) is 0.814. The number of likely N-dealkylation sites (tertiary alicyclic amines) is 1. The maximum Gasteiger partial charge on any atom is 0.132 e. The van der Waals surface area contributed by atoms with Crippen LogP contribution in [0.2, 0.25) is 0 Å². The van der Waals surface area contributed by atoms with Gasteiger partial charge in [0.1, 0.15) is 17.5 Å². The fraction of sp³-hybridized carbons (Fsp3) is 0.667. The molecule has 1 aromatic rings. The van der Waals surface area contributed by atoms with Gasteiger partial charge in [0.25, 0.3) is 0 Å². The Morgan fingerprint density at radius 2 is 2.35 bits per heavy atom. The second-order valence-corrected chi connectivity index (χ2v) is 4.75. The highest BCUT2D eigenvalue weighted by atomic mass is 15.1. The monoisotopic (exact) mass is 235 g/mol. The van der Waals surface area contributed by atoms with E-state index in [4.69, 9.17) is 5.73 Å². The third-order valence-corrected chi connectivity index (χ3v) is 3.17. The first-order valence-corrected chi connectivity index (χ1v) is 6.23. The lowest BCUT2D eigenvalue weighted by atomic mass is 10.1. The van der Waals surface area contributed by atoms with Crippen molar-refractivity contribution in [1.82, 2.24) is 14.9 Å². The van der Waals surface area contributed by atoms with Crippen molar-refractivity contribution in [2.75, 3.05) is 37.7 Å². The van der Waals surface area contributed by atoms with Crippen molar-refractivity contribution in [1.29, 1.82) is 0 Å². The molecule has 1 atom stereocenters. The van der Waals surface area contributed by atoms with E-state index in [0.29, 0.717) is 11.7 Å². The van der Waals surface area contributed by atoms with Crippen LogP contribution in [0.4, 0.5) is 11.6 Å². The summed E-state index contributed by atoms with van der Waals surface area (Å²) in [4.78, 5) is 10.9. The molecule has 5 heteroatoms. The number of hydrogen-bond acceptors (Lipinski definition) is 5. The van der Waals surface area contributed by atoms with Crippen molar-refractivity contribution < 1.29 is 0 Å². The van der Waals surface area contributed by atoms with Crippen LogP contribution in [-0.2, 0) is 6.42 Å². The summed E-state index contributed by atoms with van der Waals surface area (Å²) in [5.74, 6) is 2.91. The minimum Gasteiger partial charge on any atom is -0.384 e. The van der Waals surface area contributed by atoms with Crippen molar-refractivity contribution >= 4 is 11.6 Å². The highest BCUT2D eigenvalue weighted by molar-refractivity contribution is 5.44. The molecule has 0 bridgehead atoms. The van der Waals surface area contributed by atoms with Gasteiger partial charge in [0.05, 0.1) is 0 Å². The SMILES string of the molecule is CCc1nc(N)cc(NCC2CCN(C)C2)n1. The summed E-state index contributed by atoms with van der Waals surface area (Å²) in [7, 11) is 2.16. The zero-order valence-corrected chi connectivity index (χ0v) is 10.6. The van der Waals surface area contributed by atoms with Crippen LogP contribution in [0.25, 0.3) is 0 Å². The Bertz CT molecular complexity index is 379. The predicted molar refractivity (Wildman–Crippen MR) is 69.9 cm³/mol. The van der Waals surface area contributed by atoms with Gasteiger partial charge in [0, 0.05) is 25.6 Å². The third-order valence-electron chi connectivity index (χ3n) is 3.17. The number of rotatable bonds is 4. The molecule has 0 spiro atoms. The van der Waals surface area contributed by atoms with Crippen molar-refractivity contribution in [2.24, 2.45) is 5.92 Å². The van der Waals surface area contributed by atoms with Crippen molar-refractivity contribution in [3.05, 3.63) is 11.9 Å². The number of hydrogen-bond donors (Lipinski definition) is 2. The van der Waals surface area contributed by atoms with E-state index in [0.717, 1.165) is 31.2 Å². The number of nitrogens with one attached hydrogen (secondary N) is 1. The second-order valence-electron chi connectivity index (χ2n) is 4.75. The van der Waals surface area contributed by atoms with Crippen LogP contribution in [-0.4, -0.2) is 41.5 Å². The van der Waals surface area contributed by atoms with E-state index in [1.54, 1.807) is 6.07 Å². The van der Waals surface area contributed by atoms with E-state index in [9.17, 15) is 0 Å². The first-order valence-electron chi connectivity index (χ1n) is 6.23. The molecule has 17 heavy (non-hydrogen) atoms. The molecule has 0 saturated carbocycles. The fourth-order valence-electron chi connectivity index (χ4n) is 2.21. The van der Waals surface area contributed by atoms with E-state index in [-0.39, 0.29) is 0 Å². The number of nitrogen functional groups attached to an aromatic ring is 1. The van der Waals surface area contributed by atoms with Gasteiger partial charge in [-0.05, 0) is 25.9 Å². The van der Waals surface area contributed by atoms with Crippen LogP contribution < -0.4 is 11.1 Å². The van der Waals surface area contributed by atoms with E-state index < -0.39 is 0 Å². The molecular weight excluding hydrogens is 214 g/mol. The molecule has 1 saturated heterocycles. The fourth-order valence-corrected chi connectivity index (χ4v) is 2.21. The Morgan fingerprint density at radius 3 is 3.00 bits per heavy atom. The number of aryl methyl sites for hydroxylation is 1. The normalized spacial score (nSPS) is 20.7. The molecule has 0 aromatic carbocycles. The summed E-state index contributed by atoms with van der Waals surface area (Å²) in [6.07, 6.45) is 2.07. The number of aromatic nitrogens is 2. The summed E-state index contributed by atoms with van der Waals surface area (Å²) < 4.78 is 0. The molecule has 1 fully saturated rings. The molecule has 2 rings (SSSR count). The molecule has 1 aliphatic rings. The van der Waals surface area contributed by atoms with Gasteiger partial charge in [-0.15, -0.1) is 0 Å². The topological polar surface area (TPSA) is 67.1 Å². The van der Waals surface area contributed by atoms with Gasteiger partial charge in [-0.3, -0.25) is 0 Å². The molecule has 94 valence electrons. The zero-order chi connectivity index (χ0) is 12.3. The lowest BCUT2D eigenvalue weighted by Crippen LogP contribution is -2.19. The molecule has 5 nitrogen and oxygen atoms in total. The van der Waals surface area contributed by atoms with Gasteiger partial charge >= 0.3 is 0 Å². The van der Waals surface area contributed by atoms with Crippen molar-refractivity contribution in [2.45, 2.75) is 19.8 Å². The van der Waals surface area contributed by atoms with E-state index in [2.05, 4.69) is 27.2 Å². The van der Waals surface area contributed by atoms with Crippen LogP contribution in [0.1, 0.15) is 19.2 Å². The minimum atomic E-state index is 0.544. The lowest BCUT2D eigenvalue weighted by Gasteiger charge is -2.12. The minimum absolute atomic E-state index is 0.544. The standard InChI is InChI=1S/C12H21N5/c1-3-11-15-10(13)6-12(16-11)14-7-9-4-5-17(2)8-9/h6,9H,3-5,7-8H2,1-2H3,(H3,13,14,15,16). The van der Waals surface area contributed by atoms with Crippen LogP contribution in [0, 0.1) is 5.92 Å². The Balaban J connectivity index is 1.92. The van der Waals surface area contributed by atoms with Gasteiger partial charge in [0.2, 0.25) is 0 Å². The molecule has 1 unspecified atom stereocenters. The van der Waals surface area contributed by atoms with Gasteiger partial charge in [-0.25, -0.2) is 9.97 Å². The van der Waals surface area contributed by atoms with Crippen LogP contribution in [0.15, 0.2) is 6.07 Å². The van der Waals surface area contributed by atoms with Gasteiger partial charge < -0.3 is 16.0 Å². The molecule has 0 amide bonds. The van der Waals surface area contributed by atoms with Gasteiger partial charge in [0.15, 0.2) is 0 Å². The van der Waals surface area contributed by atoms with Crippen LogP contribution in [0.3, 0.4) is 0 Å². The van der Waals surface area contributed by atoms with E-state index in [1.165, 1.54) is 13.0 Å². The van der Waals surface area contributed by atoms with E-state index in [1.807, 2.05) is 6.92 Å². The maximum absolute atomic E-state index is 5.74. The zero-order valence-electron chi connectivity index (χ0n) is 10.6. The third kappa shape index (κ3) is 3.30. The average molecular weight is 235 g/mol. The molecule has 3 N–H and O–H groups in total. The van der Waals surface area contributed by atoms with Crippen LogP contribution in [0.5, 0.6) is 0 Å². The predicted octanol–water partition coefficient (Wildman–Crippen LogP) is 0.985. The Hall–Kier alpha value is -1.36. The molecule has 0 radical (unpaired) electrons. The van der Waals surface area contributed by atoms with Crippen molar-refractivity contribution in [3.8, 4) is 0 Å². The summed E-state index contributed by atoms with van der Waals surface area (Å²) in [5.41, 5.74) is 5.74. The molecular formula is C12H21N5. The Labute approximate surface area is 102 Å². The summed E-state index contributed by atoms with van der Waals surface area (Å²) in [6.45, 7) is 5.35. The van der Waals surface area contributed by atoms with Gasteiger partial charge in [-0.1, -0.05) is 6.92 Å².